The number of hydrogen-bond acceptors (Lipinski definition) is 4. The first kappa shape index (κ1) is 15.3. The largest absolute Gasteiger partial charge is 0.453 e. The summed E-state index contributed by atoms with van der Waals surface area (Å²) in [4.78, 5) is 26.5. The van der Waals surface area contributed by atoms with Gasteiger partial charge in [-0.25, -0.2) is 14.2 Å². The molecule has 1 aromatic carbocycles. The molecule has 6 nitrogen and oxygen atoms in total. The van der Waals surface area contributed by atoms with Crippen molar-refractivity contribution in [2.45, 2.75) is 24.3 Å². The summed E-state index contributed by atoms with van der Waals surface area (Å²) < 4.78 is 18.9. The van der Waals surface area contributed by atoms with Crippen molar-refractivity contribution in [2.24, 2.45) is 0 Å². The van der Waals surface area contributed by atoms with Gasteiger partial charge in [-0.15, -0.1) is 0 Å². The van der Waals surface area contributed by atoms with Crippen LogP contribution in [0.4, 0.5) is 9.18 Å². The van der Waals surface area contributed by atoms with Crippen LogP contribution in [-0.4, -0.2) is 39.6 Å². The summed E-state index contributed by atoms with van der Waals surface area (Å²) >= 11 is 0. The van der Waals surface area contributed by atoms with Crippen LogP contribution in [0, 0.1) is 5.82 Å². The van der Waals surface area contributed by atoms with Crippen LogP contribution >= 0.6 is 0 Å². The van der Waals surface area contributed by atoms with Crippen LogP contribution in [0.2, 0.25) is 0 Å². The molecule has 3 aromatic rings. The first-order valence-electron chi connectivity index (χ1n) is 8.56. The van der Waals surface area contributed by atoms with E-state index in [0.29, 0.717) is 17.8 Å². The van der Waals surface area contributed by atoms with Crippen molar-refractivity contribution in [1.82, 2.24) is 19.9 Å². The van der Waals surface area contributed by atoms with Gasteiger partial charge in [-0.3, -0.25) is 9.88 Å². The van der Waals surface area contributed by atoms with Crippen LogP contribution < -0.4 is 0 Å². The molecule has 1 spiro atoms. The van der Waals surface area contributed by atoms with E-state index in [1.165, 1.54) is 19.2 Å². The molecule has 7 heteroatoms. The number of methoxy groups -OCH3 is 1. The minimum atomic E-state index is -0.463. The third-order valence-electron chi connectivity index (χ3n) is 5.47. The first-order chi connectivity index (χ1) is 12.6. The molecule has 1 amide bonds. The predicted octanol–water partition coefficient (Wildman–Crippen LogP) is 3.30. The molecule has 1 fully saturated rings. The van der Waals surface area contributed by atoms with Crippen LogP contribution in [0.5, 0.6) is 0 Å². The minimum Gasteiger partial charge on any atom is -0.453 e. The number of benzene rings is 1. The molecule has 0 bridgehead atoms. The van der Waals surface area contributed by atoms with Gasteiger partial charge in [-0.1, -0.05) is 12.1 Å². The molecule has 0 saturated heterocycles. The summed E-state index contributed by atoms with van der Waals surface area (Å²) in [6.07, 6.45) is 4.85. The highest BCUT2D eigenvalue weighted by molar-refractivity contribution is 5.82. The zero-order chi connectivity index (χ0) is 17.9. The van der Waals surface area contributed by atoms with Crippen LogP contribution in [0.3, 0.4) is 0 Å². The number of carbonyl (C=O) groups is 1. The van der Waals surface area contributed by atoms with Crippen LogP contribution in [-0.2, 0) is 10.2 Å². The Balaban J connectivity index is 1.78. The van der Waals surface area contributed by atoms with Gasteiger partial charge in [-0.2, -0.15) is 0 Å². The van der Waals surface area contributed by atoms with Crippen LogP contribution in [0.25, 0.3) is 11.2 Å². The van der Waals surface area contributed by atoms with Gasteiger partial charge in [0.1, 0.15) is 17.4 Å². The summed E-state index contributed by atoms with van der Waals surface area (Å²) in [6, 6.07) is 5.87. The summed E-state index contributed by atoms with van der Waals surface area (Å²) in [5, 5.41) is 0. The first-order valence-corrected chi connectivity index (χ1v) is 8.56. The number of rotatable bonds is 1. The maximum absolute atomic E-state index is 13.9. The van der Waals surface area contributed by atoms with E-state index in [1.54, 1.807) is 23.4 Å². The van der Waals surface area contributed by atoms with Crippen LogP contribution in [0.15, 0.2) is 36.7 Å². The van der Waals surface area contributed by atoms with E-state index in [4.69, 9.17) is 4.74 Å². The number of fused-ring (bicyclic) bond motifs is 4. The Morgan fingerprint density at radius 1 is 1.35 bits per heavy atom. The summed E-state index contributed by atoms with van der Waals surface area (Å²) in [5.74, 6) is -0.340. The van der Waals surface area contributed by atoms with Gasteiger partial charge in [-0.05, 0) is 30.5 Å². The molecule has 132 valence electrons. The lowest BCUT2D eigenvalue weighted by Crippen LogP contribution is -2.45. The highest BCUT2D eigenvalue weighted by Crippen LogP contribution is 2.57. The maximum Gasteiger partial charge on any atom is 0.410 e. The van der Waals surface area contributed by atoms with Crippen molar-refractivity contribution in [1.29, 1.82) is 0 Å². The van der Waals surface area contributed by atoms with E-state index in [0.717, 1.165) is 29.6 Å². The Labute approximate surface area is 149 Å². The summed E-state index contributed by atoms with van der Waals surface area (Å²) in [6.45, 7) is 0.525. The Bertz CT molecular complexity index is 1030. The molecule has 1 aliphatic heterocycles. The highest BCUT2D eigenvalue weighted by atomic mass is 19.1. The van der Waals surface area contributed by atoms with E-state index in [2.05, 4.69) is 15.0 Å². The van der Waals surface area contributed by atoms with Gasteiger partial charge in [0.2, 0.25) is 0 Å². The number of carbonyl (C=O) groups excluding carboxylic acids is 1. The fourth-order valence-corrected chi connectivity index (χ4v) is 4.19. The van der Waals surface area contributed by atoms with Crippen LogP contribution in [0.1, 0.15) is 35.7 Å². The molecule has 26 heavy (non-hydrogen) atoms. The number of halogens is 1. The second-order valence-electron chi connectivity index (χ2n) is 7.00. The lowest BCUT2D eigenvalue weighted by atomic mass is 9.84. The molecular formula is C19H17FN4O2. The van der Waals surface area contributed by atoms with Crippen molar-refractivity contribution in [2.75, 3.05) is 13.7 Å². The molecule has 2 aliphatic rings. The standard InChI is InChI=1S/C19H17FN4O2/c1-26-18(25)24-10-19(5-6-19)13-14(23-17-15(13)21-7-8-22-17)16(24)11-3-2-4-12(20)9-11/h2-4,7-9,16H,5-6,10H2,1H3,(H,22,23). The summed E-state index contributed by atoms with van der Waals surface area (Å²) in [5.41, 5.74) is 4.06. The predicted molar refractivity (Wildman–Crippen MR) is 92.2 cm³/mol. The van der Waals surface area contributed by atoms with Gasteiger partial charge >= 0.3 is 6.09 Å². The van der Waals surface area contributed by atoms with Gasteiger partial charge in [0, 0.05) is 29.9 Å². The third-order valence-corrected chi connectivity index (χ3v) is 5.47. The molecule has 1 N–H and O–H groups in total. The minimum absolute atomic E-state index is 0.123. The number of aromatic nitrogens is 3. The Hall–Kier alpha value is -2.96. The van der Waals surface area contributed by atoms with Gasteiger partial charge in [0.25, 0.3) is 0 Å². The second-order valence-corrected chi connectivity index (χ2v) is 7.00. The number of aromatic amines is 1. The van der Waals surface area contributed by atoms with Gasteiger partial charge < -0.3 is 9.72 Å². The normalized spacial score (nSPS) is 20.2. The number of H-pyrrole nitrogens is 1. The average Bonchev–Trinajstić information content (AvgIpc) is 3.30. The topological polar surface area (TPSA) is 71.1 Å². The third kappa shape index (κ3) is 2.06. The molecule has 2 aromatic heterocycles. The Kier molecular flexibility index (Phi) is 3.10. The number of nitrogens with zero attached hydrogens (tertiary/aromatic N) is 3. The molecule has 5 rings (SSSR count). The van der Waals surface area contributed by atoms with E-state index in [-0.39, 0.29) is 11.2 Å². The van der Waals surface area contributed by atoms with Crippen molar-refractivity contribution >= 4 is 17.3 Å². The Morgan fingerprint density at radius 2 is 2.15 bits per heavy atom. The summed E-state index contributed by atoms with van der Waals surface area (Å²) in [7, 11) is 1.37. The van der Waals surface area contributed by atoms with Crippen molar-refractivity contribution < 1.29 is 13.9 Å². The fourth-order valence-electron chi connectivity index (χ4n) is 4.19. The van der Waals surface area contributed by atoms with Gasteiger partial charge in [0.05, 0.1) is 12.8 Å². The lowest BCUT2D eigenvalue weighted by molar-refractivity contribution is 0.101. The SMILES string of the molecule is COC(=O)N1CC2(CC2)c2c([nH]c3nccnc23)C1c1cccc(F)c1. The smallest absolute Gasteiger partial charge is 0.410 e. The number of amides is 1. The maximum atomic E-state index is 13.9. The van der Waals surface area contributed by atoms with Crippen molar-refractivity contribution in [3.8, 4) is 0 Å². The molecular weight excluding hydrogens is 335 g/mol. The second kappa shape index (κ2) is 5.27. The molecule has 1 unspecified atom stereocenters. The lowest BCUT2D eigenvalue weighted by Gasteiger charge is -2.39. The van der Waals surface area contributed by atoms with Gasteiger partial charge in [0.15, 0.2) is 5.65 Å². The van der Waals surface area contributed by atoms with Crippen molar-refractivity contribution in [3.63, 3.8) is 0 Å². The van der Waals surface area contributed by atoms with E-state index in [1.807, 2.05) is 6.07 Å². The number of hydrogen-bond donors (Lipinski definition) is 1. The number of ether oxygens (including phenoxy) is 1. The molecule has 1 aliphatic carbocycles. The quantitative estimate of drug-likeness (QED) is 0.729. The zero-order valence-corrected chi connectivity index (χ0v) is 14.2. The van der Waals surface area contributed by atoms with Crippen molar-refractivity contribution in [3.05, 3.63) is 59.3 Å². The molecule has 1 atom stereocenters. The molecule has 1 saturated carbocycles. The zero-order valence-electron chi connectivity index (χ0n) is 14.2. The van der Waals surface area contributed by atoms with E-state index in [9.17, 15) is 9.18 Å². The molecule has 0 radical (unpaired) electrons. The fraction of sp³-hybridized carbons (Fsp3) is 0.316. The van der Waals surface area contributed by atoms with E-state index >= 15 is 0 Å². The molecule has 3 heterocycles. The Morgan fingerprint density at radius 3 is 2.88 bits per heavy atom. The number of nitrogens with one attached hydrogen (secondary N) is 1. The average molecular weight is 352 g/mol. The highest BCUT2D eigenvalue weighted by Gasteiger charge is 2.55. The monoisotopic (exact) mass is 352 g/mol. The van der Waals surface area contributed by atoms with E-state index < -0.39 is 12.1 Å².